The molecule has 144 valence electrons. The highest BCUT2D eigenvalue weighted by molar-refractivity contribution is 9.10. The van der Waals surface area contributed by atoms with Crippen LogP contribution in [0.25, 0.3) is 0 Å². The van der Waals surface area contributed by atoms with Crippen molar-refractivity contribution in [2.24, 2.45) is 0 Å². The molecule has 1 N–H and O–H groups in total. The number of nitrogens with zero attached hydrogens (tertiary/aromatic N) is 1. The van der Waals surface area contributed by atoms with E-state index < -0.39 is 16.1 Å². The van der Waals surface area contributed by atoms with Crippen molar-refractivity contribution in [3.8, 4) is 5.75 Å². The molecule has 2 aromatic carbocycles. The zero-order valence-electron chi connectivity index (χ0n) is 15.1. The van der Waals surface area contributed by atoms with E-state index in [1.807, 2.05) is 24.3 Å². The van der Waals surface area contributed by atoms with Crippen LogP contribution in [0.5, 0.6) is 5.75 Å². The number of likely N-dealkylation sites (N-methyl/N-ethyl adjacent to an activating group) is 1. The molecular weight excluding hydrogens is 432 g/mol. The molecule has 3 rings (SSSR count). The third-order valence-electron chi connectivity index (χ3n) is 4.55. The Labute approximate surface area is 167 Å². The highest BCUT2D eigenvalue weighted by Crippen LogP contribution is 2.34. The zero-order valence-corrected chi connectivity index (χ0v) is 17.5. The van der Waals surface area contributed by atoms with Crippen molar-refractivity contribution in [2.45, 2.75) is 30.8 Å². The van der Waals surface area contributed by atoms with E-state index in [-0.39, 0.29) is 23.1 Å². The van der Waals surface area contributed by atoms with E-state index in [4.69, 9.17) is 4.74 Å². The van der Waals surface area contributed by atoms with Crippen LogP contribution >= 0.6 is 15.9 Å². The van der Waals surface area contributed by atoms with Gasteiger partial charge in [-0.3, -0.25) is 4.79 Å². The summed E-state index contributed by atoms with van der Waals surface area (Å²) in [5, 5.41) is 2.58. The van der Waals surface area contributed by atoms with Crippen LogP contribution in [0.3, 0.4) is 0 Å². The van der Waals surface area contributed by atoms with E-state index in [0.717, 1.165) is 11.1 Å². The summed E-state index contributed by atoms with van der Waals surface area (Å²) in [6.07, 6.45) is 0.326. The van der Waals surface area contributed by atoms with Crippen molar-refractivity contribution in [1.82, 2.24) is 9.62 Å². The van der Waals surface area contributed by atoms with E-state index in [0.29, 0.717) is 17.5 Å². The maximum atomic E-state index is 13.5. The van der Waals surface area contributed by atoms with Crippen molar-refractivity contribution in [3.05, 3.63) is 58.1 Å². The molecule has 1 aliphatic rings. The van der Waals surface area contributed by atoms with E-state index in [1.165, 1.54) is 17.4 Å². The minimum Gasteiger partial charge on any atom is -0.492 e. The predicted octanol–water partition coefficient (Wildman–Crippen LogP) is 2.71. The first-order valence-corrected chi connectivity index (χ1v) is 10.8. The van der Waals surface area contributed by atoms with Crippen LogP contribution in [0, 0.1) is 0 Å². The normalized spacial score (nSPS) is 17.2. The summed E-state index contributed by atoms with van der Waals surface area (Å²) in [6.45, 7) is 2.27. The van der Waals surface area contributed by atoms with E-state index in [9.17, 15) is 13.2 Å². The Hall–Kier alpha value is -1.90. The Balaban J connectivity index is 2.11. The van der Waals surface area contributed by atoms with Gasteiger partial charge in [-0.1, -0.05) is 40.2 Å². The quantitative estimate of drug-likeness (QED) is 0.756. The Morgan fingerprint density at radius 1 is 1.26 bits per heavy atom. The molecule has 1 atom stereocenters. The molecular formula is C19H21BrN2O4S. The van der Waals surface area contributed by atoms with Gasteiger partial charge in [0.1, 0.15) is 16.7 Å². The van der Waals surface area contributed by atoms with Crippen LogP contribution in [-0.4, -0.2) is 38.3 Å². The minimum atomic E-state index is -3.97. The maximum absolute atomic E-state index is 13.5. The lowest BCUT2D eigenvalue weighted by Gasteiger charge is -2.35. The zero-order chi connectivity index (χ0) is 19.6. The number of carbonyl (C=O) groups is 1. The molecule has 0 radical (unpaired) electrons. The number of hydrogen-bond donors (Lipinski definition) is 1. The van der Waals surface area contributed by atoms with Crippen molar-refractivity contribution >= 4 is 31.9 Å². The molecule has 1 heterocycles. The fraction of sp³-hybridized carbons (Fsp3) is 0.316. The van der Waals surface area contributed by atoms with Gasteiger partial charge < -0.3 is 10.1 Å². The molecule has 1 amide bonds. The van der Waals surface area contributed by atoms with Gasteiger partial charge in [-0.15, -0.1) is 0 Å². The van der Waals surface area contributed by atoms with Gasteiger partial charge in [0, 0.05) is 18.1 Å². The topological polar surface area (TPSA) is 75.7 Å². The smallest absolute Gasteiger partial charge is 0.247 e. The highest BCUT2D eigenvalue weighted by atomic mass is 79.9. The third-order valence-corrected chi connectivity index (χ3v) is 6.92. The molecule has 2 aromatic rings. The lowest BCUT2D eigenvalue weighted by atomic mass is 9.95. The molecule has 0 spiro atoms. The van der Waals surface area contributed by atoms with E-state index in [1.54, 1.807) is 19.1 Å². The van der Waals surface area contributed by atoms with Crippen molar-refractivity contribution in [2.75, 3.05) is 13.7 Å². The van der Waals surface area contributed by atoms with Gasteiger partial charge in [0.25, 0.3) is 0 Å². The average Bonchev–Trinajstić information content (AvgIpc) is 2.67. The number of rotatable bonds is 5. The molecule has 0 fully saturated rings. The number of ether oxygens (including phenoxy) is 1. The summed E-state index contributed by atoms with van der Waals surface area (Å²) in [4.78, 5) is 12.5. The summed E-state index contributed by atoms with van der Waals surface area (Å²) in [5.74, 6) is -0.0590. The Kier molecular flexibility index (Phi) is 5.88. The van der Waals surface area contributed by atoms with Gasteiger partial charge in [-0.25, -0.2) is 8.42 Å². The molecule has 0 saturated heterocycles. The molecule has 0 aromatic heterocycles. The van der Waals surface area contributed by atoms with Crippen molar-refractivity contribution in [3.63, 3.8) is 0 Å². The van der Waals surface area contributed by atoms with Gasteiger partial charge in [0.2, 0.25) is 15.9 Å². The first-order chi connectivity index (χ1) is 12.9. The third kappa shape index (κ3) is 3.88. The summed E-state index contributed by atoms with van der Waals surface area (Å²) in [5.41, 5.74) is 1.88. The average molecular weight is 453 g/mol. The fourth-order valence-corrected chi connectivity index (χ4v) is 5.46. The molecule has 27 heavy (non-hydrogen) atoms. The summed E-state index contributed by atoms with van der Waals surface area (Å²) in [6, 6.07) is 11.6. The lowest BCUT2D eigenvalue weighted by molar-refractivity contribution is -0.124. The van der Waals surface area contributed by atoms with E-state index >= 15 is 0 Å². The molecule has 0 aliphatic carbocycles. The Morgan fingerprint density at radius 2 is 1.96 bits per heavy atom. The number of sulfonamides is 1. The summed E-state index contributed by atoms with van der Waals surface area (Å²) < 4.78 is 34.5. The SMILES string of the molecule is CCOc1ccc(Br)cc1S(=O)(=O)N1Cc2ccccc2C[C@H]1C(=O)NC. The van der Waals surface area contributed by atoms with Crippen molar-refractivity contribution in [1.29, 1.82) is 0 Å². The van der Waals surface area contributed by atoms with Gasteiger partial charge >= 0.3 is 0 Å². The molecule has 0 unspecified atom stereocenters. The number of hydrogen-bond acceptors (Lipinski definition) is 4. The summed E-state index contributed by atoms with van der Waals surface area (Å²) >= 11 is 3.33. The molecule has 0 saturated carbocycles. The second kappa shape index (κ2) is 8.00. The lowest BCUT2D eigenvalue weighted by Crippen LogP contribution is -2.51. The van der Waals surface area contributed by atoms with Gasteiger partial charge in [0.05, 0.1) is 6.61 Å². The Morgan fingerprint density at radius 3 is 2.63 bits per heavy atom. The largest absolute Gasteiger partial charge is 0.492 e. The first kappa shape index (κ1) is 19.9. The number of carbonyl (C=O) groups excluding carboxylic acids is 1. The van der Waals surface area contributed by atoms with Crippen molar-refractivity contribution < 1.29 is 17.9 Å². The molecule has 1 aliphatic heterocycles. The van der Waals surface area contributed by atoms with Gasteiger partial charge in [-0.05, 0) is 42.7 Å². The van der Waals surface area contributed by atoms with Gasteiger partial charge in [0.15, 0.2) is 0 Å². The highest BCUT2D eigenvalue weighted by Gasteiger charge is 2.40. The first-order valence-electron chi connectivity index (χ1n) is 8.61. The second-order valence-corrected chi connectivity index (χ2v) is 8.95. The van der Waals surface area contributed by atoms with Crippen LogP contribution in [0.2, 0.25) is 0 Å². The second-order valence-electron chi connectivity index (χ2n) is 6.18. The molecule has 0 bridgehead atoms. The standard InChI is InChI=1S/C19H21BrN2O4S/c1-3-26-17-9-8-15(20)11-18(17)27(24,25)22-12-14-7-5-4-6-13(14)10-16(22)19(23)21-2/h4-9,11,16H,3,10,12H2,1-2H3,(H,21,23)/t16-/m0/s1. The number of amides is 1. The number of halogens is 1. The van der Waals surface area contributed by atoms with Crippen LogP contribution in [0.1, 0.15) is 18.1 Å². The fourth-order valence-electron chi connectivity index (χ4n) is 3.23. The monoisotopic (exact) mass is 452 g/mol. The van der Waals surface area contributed by atoms with E-state index in [2.05, 4.69) is 21.2 Å². The predicted molar refractivity (Wildman–Crippen MR) is 106 cm³/mol. The van der Waals surface area contributed by atoms with Crippen LogP contribution in [0.4, 0.5) is 0 Å². The molecule has 8 heteroatoms. The maximum Gasteiger partial charge on any atom is 0.247 e. The molecule has 6 nitrogen and oxygen atoms in total. The number of benzene rings is 2. The van der Waals surface area contributed by atoms with Crippen LogP contribution in [-0.2, 0) is 27.8 Å². The minimum absolute atomic E-state index is 0.0482. The Bertz CT molecular complexity index is 962. The van der Waals surface area contributed by atoms with Crippen LogP contribution in [0.15, 0.2) is 51.8 Å². The number of nitrogens with one attached hydrogen (secondary N) is 1. The summed E-state index contributed by atoms with van der Waals surface area (Å²) in [7, 11) is -2.45. The number of fused-ring (bicyclic) bond motifs is 1. The van der Waals surface area contributed by atoms with Crippen LogP contribution < -0.4 is 10.1 Å². The van der Waals surface area contributed by atoms with Gasteiger partial charge in [-0.2, -0.15) is 4.31 Å².